The Balaban J connectivity index is 1.66. The second-order valence-electron chi connectivity index (χ2n) is 6.24. The highest BCUT2D eigenvalue weighted by molar-refractivity contribution is 6.95. The molecule has 4 aromatic carbocycles. The topological polar surface area (TPSA) is 9.23 Å². The number of hydrogen-bond acceptors (Lipinski definition) is 1. The van der Waals surface area contributed by atoms with Crippen molar-refractivity contribution in [2.75, 3.05) is 0 Å². The van der Waals surface area contributed by atoms with E-state index in [1.54, 1.807) is 0 Å². The summed E-state index contributed by atoms with van der Waals surface area (Å²) in [6, 6.07) is 40.2. The Kier molecular flexibility index (Phi) is 4.94. The molecule has 0 saturated carbocycles. The van der Waals surface area contributed by atoms with Crippen LogP contribution >= 0.6 is 0 Å². The minimum absolute atomic E-state index is 0.861. The monoisotopic (exact) mass is 352 g/mol. The average molecular weight is 353 g/mol. The second kappa shape index (κ2) is 7.85. The van der Waals surface area contributed by atoms with Gasteiger partial charge in [-0.2, -0.15) is 0 Å². The van der Waals surface area contributed by atoms with E-state index in [2.05, 4.69) is 84.9 Å². The molecule has 0 aromatic heterocycles. The van der Waals surface area contributed by atoms with Crippen LogP contribution in [0.1, 0.15) is 0 Å². The molecule has 0 amide bonds. The van der Waals surface area contributed by atoms with Gasteiger partial charge in [-0.1, -0.05) is 107 Å². The van der Waals surface area contributed by atoms with E-state index < -0.39 is 8.80 Å². The van der Waals surface area contributed by atoms with Gasteiger partial charge in [0.05, 0.1) is 0 Å². The van der Waals surface area contributed by atoms with Crippen molar-refractivity contribution in [1.29, 1.82) is 0 Å². The molecule has 0 fully saturated rings. The summed E-state index contributed by atoms with van der Waals surface area (Å²) < 4.78 is 5.94. The molecule has 0 radical (unpaired) electrons. The zero-order valence-corrected chi connectivity index (χ0v) is 15.6. The standard InChI is InChI=1S/C24H20OSi/c1-4-10-20(11-5-1)25-21-16-18-24(19-17-21)26(22-12-6-2-7-13-22)23-14-8-3-9-15-23/h1-19,26H. The fourth-order valence-corrected chi connectivity index (χ4v) is 6.17. The van der Waals surface area contributed by atoms with Crippen LogP contribution in [0.5, 0.6) is 11.5 Å². The first-order valence-corrected chi connectivity index (χ1v) is 10.6. The van der Waals surface area contributed by atoms with Gasteiger partial charge < -0.3 is 4.74 Å². The first-order chi connectivity index (χ1) is 12.9. The van der Waals surface area contributed by atoms with Crippen molar-refractivity contribution >= 4 is 24.4 Å². The molecule has 0 bridgehead atoms. The lowest BCUT2D eigenvalue weighted by Gasteiger charge is -2.17. The molecule has 2 heteroatoms. The lowest BCUT2D eigenvalue weighted by Crippen LogP contribution is -2.51. The van der Waals surface area contributed by atoms with Gasteiger partial charge in [0.15, 0.2) is 0 Å². The lowest BCUT2D eigenvalue weighted by atomic mass is 10.3. The van der Waals surface area contributed by atoms with Crippen LogP contribution in [-0.4, -0.2) is 8.80 Å². The predicted octanol–water partition coefficient (Wildman–Crippen LogP) is 3.73. The van der Waals surface area contributed by atoms with Crippen molar-refractivity contribution in [2.24, 2.45) is 0 Å². The minimum atomic E-state index is -1.47. The molecule has 0 spiro atoms. The summed E-state index contributed by atoms with van der Waals surface area (Å²) in [6.07, 6.45) is 0. The van der Waals surface area contributed by atoms with Gasteiger partial charge in [-0.3, -0.25) is 0 Å². The quantitative estimate of drug-likeness (QED) is 0.393. The maximum Gasteiger partial charge on any atom is 0.132 e. The number of benzene rings is 4. The number of rotatable bonds is 5. The van der Waals surface area contributed by atoms with Crippen LogP contribution in [0.2, 0.25) is 0 Å². The molecular formula is C24H20OSi. The van der Waals surface area contributed by atoms with Crippen LogP contribution in [0.25, 0.3) is 0 Å². The van der Waals surface area contributed by atoms with E-state index in [1.807, 2.05) is 30.3 Å². The van der Waals surface area contributed by atoms with Gasteiger partial charge in [-0.15, -0.1) is 0 Å². The molecule has 0 unspecified atom stereocenters. The SMILES string of the molecule is c1ccc(Oc2ccc([SiH](c3ccccc3)c3ccccc3)cc2)cc1. The summed E-state index contributed by atoms with van der Waals surface area (Å²) in [5.41, 5.74) is 0. The van der Waals surface area contributed by atoms with E-state index in [-0.39, 0.29) is 0 Å². The molecule has 0 N–H and O–H groups in total. The molecule has 4 aromatic rings. The van der Waals surface area contributed by atoms with Crippen molar-refractivity contribution in [2.45, 2.75) is 0 Å². The van der Waals surface area contributed by atoms with Crippen LogP contribution in [0.4, 0.5) is 0 Å². The van der Waals surface area contributed by atoms with Crippen LogP contribution in [-0.2, 0) is 0 Å². The zero-order chi connectivity index (χ0) is 17.6. The Bertz CT molecular complexity index is 896. The molecule has 0 atom stereocenters. The number of ether oxygens (including phenoxy) is 1. The third-order valence-electron chi connectivity index (χ3n) is 4.46. The Hall–Kier alpha value is -3.10. The van der Waals surface area contributed by atoms with Crippen molar-refractivity contribution in [1.82, 2.24) is 0 Å². The fourth-order valence-electron chi connectivity index (χ4n) is 3.22. The van der Waals surface area contributed by atoms with Gasteiger partial charge >= 0.3 is 0 Å². The first kappa shape index (κ1) is 16.4. The van der Waals surface area contributed by atoms with Gasteiger partial charge in [-0.05, 0) is 24.3 Å². The van der Waals surface area contributed by atoms with E-state index >= 15 is 0 Å². The molecule has 0 heterocycles. The molecule has 26 heavy (non-hydrogen) atoms. The van der Waals surface area contributed by atoms with Gasteiger partial charge in [0.2, 0.25) is 0 Å². The summed E-state index contributed by atoms with van der Waals surface area (Å²) >= 11 is 0. The van der Waals surface area contributed by atoms with E-state index in [4.69, 9.17) is 4.74 Å². The Morgan fingerprint density at radius 2 is 0.769 bits per heavy atom. The van der Waals surface area contributed by atoms with Crippen molar-refractivity contribution < 1.29 is 4.74 Å². The molecule has 0 saturated heterocycles. The summed E-state index contributed by atoms with van der Waals surface area (Å²) in [5, 5.41) is 4.24. The van der Waals surface area contributed by atoms with Crippen LogP contribution in [0.15, 0.2) is 115 Å². The van der Waals surface area contributed by atoms with Gasteiger partial charge in [0.25, 0.3) is 0 Å². The second-order valence-corrected chi connectivity index (χ2v) is 9.10. The third-order valence-corrected chi connectivity index (χ3v) is 7.61. The smallest absolute Gasteiger partial charge is 0.132 e. The lowest BCUT2D eigenvalue weighted by molar-refractivity contribution is 0.483. The minimum Gasteiger partial charge on any atom is -0.457 e. The van der Waals surface area contributed by atoms with Crippen LogP contribution in [0, 0.1) is 0 Å². The molecule has 1 nitrogen and oxygen atoms in total. The predicted molar refractivity (Wildman–Crippen MR) is 112 cm³/mol. The Morgan fingerprint density at radius 3 is 1.27 bits per heavy atom. The van der Waals surface area contributed by atoms with Gasteiger partial charge in [0, 0.05) is 0 Å². The van der Waals surface area contributed by atoms with Crippen molar-refractivity contribution in [3.63, 3.8) is 0 Å². The fraction of sp³-hybridized carbons (Fsp3) is 0. The zero-order valence-electron chi connectivity index (χ0n) is 14.5. The third kappa shape index (κ3) is 3.76. The highest BCUT2D eigenvalue weighted by atomic mass is 28.3. The van der Waals surface area contributed by atoms with E-state index in [9.17, 15) is 0 Å². The summed E-state index contributed by atoms with van der Waals surface area (Å²) in [6.45, 7) is 0. The molecule has 126 valence electrons. The molecule has 0 aliphatic carbocycles. The highest BCUT2D eigenvalue weighted by Crippen LogP contribution is 2.19. The number of para-hydroxylation sites is 1. The molecular weight excluding hydrogens is 332 g/mol. The van der Waals surface area contributed by atoms with Crippen LogP contribution in [0.3, 0.4) is 0 Å². The normalized spacial score (nSPS) is 10.7. The van der Waals surface area contributed by atoms with E-state index in [0.29, 0.717) is 0 Å². The molecule has 4 rings (SSSR count). The molecule has 0 aliphatic rings. The average Bonchev–Trinajstić information content (AvgIpc) is 2.72. The number of hydrogen-bond donors (Lipinski definition) is 0. The summed E-state index contributed by atoms with van der Waals surface area (Å²) in [7, 11) is -1.47. The molecule has 0 aliphatic heterocycles. The van der Waals surface area contributed by atoms with Crippen LogP contribution < -0.4 is 20.3 Å². The Labute approximate surface area is 156 Å². The highest BCUT2D eigenvalue weighted by Gasteiger charge is 2.18. The van der Waals surface area contributed by atoms with Crippen molar-refractivity contribution in [3.05, 3.63) is 115 Å². The summed E-state index contributed by atoms with van der Waals surface area (Å²) in [4.78, 5) is 0. The Morgan fingerprint density at radius 1 is 0.385 bits per heavy atom. The van der Waals surface area contributed by atoms with Gasteiger partial charge in [0.1, 0.15) is 20.3 Å². The first-order valence-electron chi connectivity index (χ1n) is 8.83. The van der Waals surface area contributed by atoms with Gasteiger partial charge in [-0.25, -0.2) is 0 Å². The van der Waals surface area contributed by atoms with E-state index in [0.717, 1.165) is 11.5 Å². The largest absolute Gasteiger partial charge is 0.457 e. The van der Waals surface area contributed by atoms with Crippen molar-refractivity contribution in [3.8, 4) is 11.5 Å². The van der Waals surface area contributed by atoms with E-state index in [1.165, 1.54) is 15.6 Å². The maximum absolute atomic E-state index is 5.94. The maximum atomic E-state index is 5.94. The summed E-state index contributed by atoms with van der Waals surface area (Å²) in [5.74, 6) is 1.73.